The van der Waals surface area contributed by atoms with Gasteiger partial charge in [-0.15, -0.1) is 0 Å². The van der Waals surface area contributed by atoms with Gasteiger partial charge in [-0.1, -0.05) is 24.9 Å². The summed E-state index contributed by atoms with van der Waals surface area (Å²) in [6.45, 7) is 2.52. The zero-order valence-electron chi connectivity index (χ0n) is 8.62. The minimum Gasteiger partial charge on any atom is -0.409 e. The smallest absolute Gasteiger partial charge is 0.220 e. The molecule has 1 amide bonds. The number of nitrogens with one attached hydrogen (secondary N) is 1. The van der Waals surface area contributed by atoms with Crippen LogP contribution in [0.3, 0.4) is 0 Å². The average molecular weight is 201 g/mol. The minimum atomic E-state index is 0.0317. The Morgan fingerprint density at radius 1 is 1.43 bits per heavy atom. The summed E-state index contributed by atoms with van der Waals surface area (Å²) in [6.07, 6.45) is 4.05. The molecular formula is C9H19N3O2. The fraction of sp³-hybridized carbons (Fsp3) is 0.778. The molecule has 0 aliphatic carbocycles. The summed E-state index contributed by atoms with van der Waals surface area (Å²) in [5, 5.41) is 13.7. The third-order valence-electron chi connectivity index (χ3n) is 1.84. The number of hydrogen-bond donors (Lipinski definition) is 3. The van der Waals surface area contributed by atoms with Crippen LogP contribution in [0.2, 0.25) is 0 Å². The number of hydrogen-bond acceptors (Lipinski definition) is 3. The Kier molecular flexibility index (Phi) is 7.59. The van der Waals surface area contributed by atoms with Crippen LogP contribution in [-0.4, -0.2) is 23.5 Å². The van der Waals surface area contributed by atoms with E-state index in [9.17, 15) is 4.79 Å². The molecule has 0 bridgehead atoms. The van der Waals surface area contributed by atoms with E-state index in [2.05, 4.69) is 17.4 Å². The van der Waals surface area contributed by atoms with Crippen LogP contribution >= 0.6 is 0 Å². The molecule has 0 saturated heterocycles. The first-order chi connectivity index (χ1) is 6.70. The molecule has 14 heavy (non-hydrogen) atoms. The number of oxime groups is 1. The number of nitrogens with two attached hydrogens (primary N) is 1. The van der Waals surface area contributed by atoms with Crippen molar-refractivity contribution in [3.05, 3.63) is 0 Å². The van der Waals surface area contributed by atoms with Crippen molar-refractivity contribution in [2.75, 3.05) is 6.54 Å². The lowest BCUT2D eigenvalue weighted by atomic mass is 10.2. The van der Waals surface area contributed by atoms with E-state index in [1.165, 1.54) is 0 Å². The number of carbonyl (C=O) groups excluding carboxylic acids is 1. The molecule has 82 valence electrons. The summed E-state index contributed by atoms with van der Waals surface area (Å²) in [6, 6.07) is 0. The Bertz CT molecular complexity index is 192. The molecule has 0 fully saturated rings. The lowest BCUT2D eigenvalue weighted by Crippen LogP contribution is -2.27. The molecule has 0 atom stereocenters. The number of unbranched alkanes of at least 4 members (excludes halogenated alkanes) is 2. The molecule has 0 radical (unpaired) electrons. The van der Waals surface area contributed by atoms with Gasteiger partial charge in [-0.05, 0) is 6.42 Å². The number of rotatable bonds is 7. The third-order valence-corrected chi connectivity index (χ3v) is 1.84. The second-order valence-corrected chi connectivity index (χ2v) is 3.15. The summed E-state index contributed by atoms with van der Waals surface area (Å²) in [7, 11) is 0. The summed E-state index contributed by atoms with van der Waals surface area (Å²) >= 11 is 0. The fourth-order valence-electron chi connectivity index (χ4n) is 1.00. The van der Waals surface area contributed by atoms with Gasteiger partial charge in [0.05, 0.1) is 0 Å². The first-order valence-corrected chi connectivity index (χ1v) is 4.93. The van der Waals surface area contributed by atoms with Crippen molar-refractivity contribution in [3.8, 4) is 0 Å². The largest absolute Gasteiger partial charge is 0.409 e. The van der Waals surface area contributed by atoms with E-state index in [4.69, 9.17) is 10.9 Å². The van der Waals surface area contributed by atoms with Crippen LogP contribution in [0.5, 0.6) is 0 Å². The minimum absolute atomic E-state index is 0.0317. The number of amidine groups is 1. The first-order valence-electron chi connectivity index (χ1n) is 4.93. The van der Waals surface area contributed by atoms with Gasteiger partial charge in [0.2, 0.25) is 5.91 Å². The van der Waals surface area contributed by atoms with Crippen molar-refractivity contribution in [2.24, 2.45) is 10.9 Å². The van der Waals surface area contributed by atoms with Crippen LogP contribution < -0.4 is 11.1 Å². The van der Waals surface area contributed by atoms with E-state index in [0.717, 1.165) is 19.3 Å². The van der Waals surface area contributed by atoms with Crippen molar-refractivity contribution in [1.29, 1.82) is 0 Å². The van der Waals surface area contributed by atoms with Crippen LogP contribution in [0.15, 0.2) is 5.16 Å². The topological polar surface area (TPSA) is 87.7 Å². The van der Waals surface area contributed by atoms with Gasteiger partial charge < -0.3 is 16.3 Å². The average Bonchev–Trinajstić information content (AvgIpc) is 2.18. The second-order valence-electron chi connectivity index (χ2n) is 3.15. The summed E-state index contributed by atoms with van der Waals surface area (Å²) in [5.74, 6) is 0.169. The summed E-state index contributed by atoms with van der Waals surface area (Å²) in [5.41, 5.74) is 5.23. The summed E-state index contributed by atoms with van der Waals surface area (Å²) < 4.78 is 0. The highest BCUT2D eigenvalue weighted by Crippen LogP contribution is 1.97. The quantitative estimate of drug-likeness (QED) is 0.187. The predicted octanol–water partition coefficient (Wildman–Crippen LogP) is 0.819. The molecule has 0 heterocycles. The van der Waals surface area contributed by atoms with E-state index in [-0.39, 0.29) is 11.7 Å². The lowest BCUT2D eigenvalue weighted by Gasteiger charge is -2.03. The van der Waals surface area contributed by atoms with Crippen molar-refractivity contribution in [2.45, 2.75) is 39.0 Å². The Labute approximate surface area is 84.4 Å². The van der Waals surface area contributed by atoms with Crippen LogP contribution in [0.4, 0.5) is 0 Å². The highest BCUT2D eigenvalue weighted by Gasteiger charge is 2.00. The second kappa shape index (κ2) is 8.34. The monoisotopic (exact) mass is 201 g/mol. The number of amides is 1. The summed E-state index contributed by atoms with van der Waals surface area (Å²) in [4.78, 5) is 11.1. The van der Waals surface area contributed by atoms with E-state index < -0.39 is 0 Å². The molecule has 0 rings (SSSR count). The van der Waals surface area contributed by atoms with Gasteiger partial charge in [0, 0.05) is 19.4 Å². The van der Waals surface area contributed by atoms with E-state index in [1.807, 2.05) is 0 Å². The number of carbonyl (C=O) groups is 1. The van der Waals surface area contributed by atoms with Crippen LogP contribution in [-0.2, 0) is 4.79 Å². The molecule has 0 saturated carbocycles. The zero-order valence-corrected chi connectivity index (χ0v) is 8.62. The Hall–Kier alpha value is -1.26. The molecule has 0 aromatic heterocycles. The van der Waals surface area contributed by atoms with E-state index in [1.54, 1.807) is 0 Å². The van der Waals surface area contributed by atoms with Gasteiger partial charge in [0.25, 0.3) is 0 Å². The maximum absolute atomic E-state index is 11.1. The van der Waals surface area contributed by atoms with Crippen LogP contribution in [0.1, 0.15) is 39.0 Å². The number of nitrogens with zero attached hydrogens (tertiary/aromatic N) is 1. The molecule has 0 aliphatic rings. The molecule has 0 unspecified atom stereocenters. The van der Waals surface area contributed by atoms with Gasteiger partial charge in [-0.2, -0.15) is 0 Å². The van der Waals surface area contributed by atoms with Crippen LogP contribution in [0.25, 0.3) is 0 Å². The Morgan fingerprint density at radius 3 is 2.71 bits per heavy atom. The van der Waals surface area contributed by atoms with Gasteiger partial charge in [-0.3, -0.25) is 4.79 Å². The molecule has 5 nitrogen and oxygen atoms in total. The maximum Gasteiger partial charge on any atom is 0.220 e. The Morgan fingerprint density at radius 2 is 2.14 bits per heavy atom. The molecule has 0 aromatic rings. The lowest BCUT2D eigenvalue weighted by molar-refractivity contribution is -0.121. The normalized spacial score (nSPS) is 11.4. The third kappa shape index (κ3) is 7.39. The van der Waals surface area contributed by atoms with Gasteiger partial charge >= 0.3 is 0 Å². The Balaban J connectivity index is 3.36. The highest BCUT2D eigenvalue weighted by atomic mass is 16.4. The highest BCUT2D eigenvalue weighted by molar-refractivity contribution is 5.81. The molecule has 4 N–H and O–H groups in total. The first kappa shape index (κ1) is 12.7. The maximum atomic E-state index is 11.1. The molecule has 0 aliphatic heterocycles. The predicted molar refractivity (Wildman–Crippen MR) is 55.2 cm³/mol. The molecular weight excluding hydrogens is 182 g/mol. The zero-order chi connectivity index (χ0) is 10.8. The van der Waals surface area contributed by atoms with Crippen LogP contribution in [0, 0.1) is 0 Å². The van der Waals surface area contributed by atoms with Crippen molar-refractivity contribution in [1.82, 2.24) is 5.32 Å². The van der Waals surface area contributed by atoms with Crippen molar-refractivity contribution >= 4 is 11.7 Å². The van der Waals surface area contributed by atoms with Gasteiger partial charge in [-0.25, -0.2) is 0 Å². The van der Waals surface area contributed by atoms with Gasteiger partial charge in [0.15, 0.2) is 0 Å². The van der Waals surface area contributed by atoms with E-state index >= 15 is 0 Å². The molecule has 5 heteroatoms. The SMILES string of the molecule is CCCCCC(=O)NCCC(N)=NO. The molecule has 0 aromatic carbocycles. The fourth-order valence-corrected chi connectivity index (χ4v) is 1.00. The van der Waals surface area contributed by atoms with E-state index in [0.29, 0.717) is 19.4 Å². The standard InChI is InChI=1S/C9H19N3O2/c1-2-3-4-5-9(13)11-7-6-8(10)12-14/h14H,2-7H2,1H3,(H2,10,12)(H,11,13). The van der Waals surface area contributed by atoms with Crippen molar-refractivity contribution in [3.63, 3.8) is 0 Å². The molecule has 0 spiro atoms. The van der Waals surface area contributed by atoms with Crippen molar-refractivity contribution < 1.29 is 10.0 Å². The van der Waals surface area contributed by atoms with Gasteiger partial charge in [0.1, 0.15) is 5.84 Å².